The van der Waals surface area contributed by atoms with Crippen molar-refractivity contribution in [2.75, 3.05) is 0 Å². The number of hydrogen-bond acceptors (Lipinski definition) is 0. The summed E-state index contributed by atoms with van der Waals surface area (Å²) < 4.78 is 0. The molecule has 0 bridgehead atoms. The van der Waals surface area contributed by atoms with Crippen LogP contribution < -0.4 is 0 Å². The van der Waals surface area contributed by atoms with Crippen molar-refractivity contribution in [3.05, 3.63) is 13.2 Å². The van der Waals surface area contributed by atoms with Crippen molar-refractivity contribution in [3.63, 3.8) is 0 Å². The van der Waals surface area contributed by atoms with Crippen LogP contribution in [-0.4, -0.2) is 0 Å². The molecule has 0 nitrogen and oxygen atoms in total. The van der Waals surface area contributed by atoms with E-state index in [4.69, 9.17) is 0 Å². The SMILES string of the molecule is C=C.CC.CCC(C)C(C)(CC)C1CCC2CC(CCCC(C)(C)C)CCC2C1. The topological polar surface area (TPSA) is 0 Å². The Bertz CT molecular complexity index is 403. The van der Waals surface area contributed by atoms with Crippen molar-refractivity contribution in [3.8, 4) is 0 Å². The zero-order valence-corrected chi connectivity index (χ0v) is 22.1. The normalized spacial score (nSPS) is 29.8. The lowest BCUT2D eigenvalue weighted by molar-refractivity contribution is 0.00483. The molecule has 174 valence electrons. The van der Waals surface area contributed by atoms with Gasteiger partial charge in [-0.1, -0.05) is 94.4 Å². The van der Waals surface area contributed by atoms with Crippen LogP contribution in [0.3, 0.4) is 0 Å². The van der Waals surface area contributed by atoms with Crippen molar-refractivity contribution in [2.45, 2.75) is 133 Å². The maximum absolute atomic E-state index is 3.00. The number of rotatable bonds is 7. The molecule has 0 saturated heterocycles. The van der Waals surface area contributed by atoms with E-state index in [1.165, 1.54) is 51.4 Å². The Balaban J connectivity index is 0.00000184. The minimum Gasteiger partial charge on any atom is -0.106 e. The summed E-state index contributed by atoms with van der Waals surface area (Å²) in [6, 6.07) is 0. The van der Waals surface area contributed by atoms with Gasteiger partial charge in [0, 0.05) is 0 Å². The summed E-state index contributed by atoms with van der Waals surface area (Å²) in [5.41, 5.74) is 1.11. The quantitative estimate of drug-likeness (QED) is 0.369. The second-order valence-corrected chi connectivity index (χ2v) is 11.3. The zero-order chi connectivity index (χ0) is 22.7. The van der Waals surface area contributed by atoms with Crippen LogP contribution in [-0.2, 0) is 0 Å². The van der Waals surface area contributed by atoms with E-state index in [-0.39, 0.29) is 0 Å². The maximum atomic E-state index is 3.00. The molecule has 6 unspecified atom stereocenters. The van der Waals surface area contributed by atoms with E-state index in [9.17, 15) is 0 Å². The lowest BCUT2D eigenvalue weighted by Crippen LogP contribution is -2.40. The van der Waals surface area contributed by atoms with E-state index >= 15 is 0 Å². The van der Waals surface area contributed by atoms with Crippen molar-refractivity contribution in [1.82, 2.24) is 0 Å². The van der Waals surface area contributed by atoms with Gasteiger partial charge < -0.3 is 0 Å². The predicted molar refractivity (Wildman–Crippen MR) is 135 cm³/mol. The average molecular weight is 407 g/mol. The summed E-state index contributed by atoms with van der Waals surface area (Å²) in [6.45, 7) is 27.2. The number of fused-ring (bicyclic) bond motifs is 1. The molecule has 0 aliphatic heterocycles. The minimum absolute atomic E-state index is 0.524. The van der Waals surface area contributed by atoms with Gasteiger partial charge in [-0.05, 0) is 78.9 Å². The Kier molecular flexibility index (Phi) is 13.8. The van der Waals surface area contributed by atoms with Crippen LogP contribution in [0.5, 0.6) is 0 Å². The smallest absolute Gasteiger partial charge is 0.0274 e. The second-order valence-electron chi connectivity index (χ2n) is 11.3. The molecule has 0 amide bonds. The third-order valence-corrected chi connectivity index (χ3v) is 8.69. The average Bonchev–Trinajstić information content (AvgIpc) is 2.74. The maximum Gasteiger partial charge on any atom is -0.0274 e. The molecule has 0 N–H and O–H groups in total. The van der Waals surface area contributed by atoms with Crippen LogP contribution >= 0.6 is 0 Å². The van der Waals surface area contributed by atoms with Crippen molar-refractivity contribution in [2.24, 2.45) is 40.4 Å². The Morgan fingerprint density at radius 3 is 1.93 bits per heavy atom. The van der Waals surface area contributed by atoms with Gasteiger partial charge in [0.15, 0.2) is 0 Å². The fourth-order valence-electron chi connectivity index (χ4n) is 6.27. The summed E-state index contributed by atoms with van der Waals surface area (Å²) in [5.74, 6) is 5.06. The molecule has 0 spiro atoms. The third kappa shape index (κ3) is 8.78. The first kappa shape index (κ1) is 28.7. The van der Waals surface area contributed by atoms with Crippen molar-refractivity contribution < 1.29 is 0 Å². The first-order valence-corrected chi connectivity index (χ1v) is 13.2. The predicted octanol–water partition coefficient (Wildman–Crippen LogP) is 10.3. The van der Waals surface area contributed by atoms with Crippen LogP contribution in [0.4, 0.5) is 0 Å². The largest absolute Gasteiger partial charge is 0.106 e. The van der Waals surface area contributed by atoms with Gasteiger partial charge in [-0.25, -0.2) is 0 Å². The van der Waals surface area contributed by atoms with E-state index in [0.717, 1.165) is 29.6 Å². The highest BCUT2D eigenvalue weighted by atomic mass is 14.5. The van der Waals surface area contributed by atoms with Gasteiger partial charge in [-0.3, -0.25) is 0 Å². The Morgan fingerprint density at radius 2 is 1.41 bits per heavy atom. The lowest BCUT2D eigenvalue weighted by Gasteiger charge is -2.50. The highest BCUT2D eigenvalue weighted by molar-refractivity contribution is 4.93. The fraction of sp³-hybridized carbons (Fsp3) is 0.931. The monoisotopic (exact) mass is 406 g/mol. The van der Waals surface area contributed by atoms with Gasteiger partial charge in [-0.15, -0.1) is 13.2 Å². The molecular weight excluding hydrogens is 348 g/mol. The Labute approximate surface area is 186 Å². The first-order chi connectivity index (χ1) is 13.7. The summed E-state index contributed by atoms with van der Waals surface area (Å²) >= 11 is 0. The molecule has 2 aliphatic carbocycles. The first-order valence-electron chi connectivity index (χ1n) is 13.2. The van der Waals surface area contributed by atoms with Crippen molar-refractivity contribution in [1.29, 1.82) is 0 Å². The second kappa shape index (κ2) is 13.9. The molecule has 0 heterocycles. The molecule has 0 aromatic heterocycles. The standard InChI is InChI=1S/C25H48.C2H6.C2H4/c1-8-19(3)25(7,9-2)23-15-14-21-17-20(12-13-22(21)18-23)11-10-16-24(4,5)6;2*1-2/h19-23H,8-18H2,1-7H3;1-2H3;1-2H2. The summed E-state index contributed by atoms with van der Waals surface area (Å²) in [5, 5.41) is 0. The Hall–Kier alpha value is -0.260. The molecule has 2 rings (SSSR count). The van der Waals surface area contributed by atoms with Crippen LogP contribution in [0.25, 0.3) is 0 Å². The highest BCUT2D eigenvalue weighted by Gasteiger charge is 2.43. The van der Waals surface area contributed by atoms with Crippen molar-refractivity contribution >= 4 is 0 Å². The van der Waals surface area contributed by atoms with E-state index in [0.29, 0.717) is 10.8 Å². The molecule has 2 fully saturated rings. The molecule has 2 saturated carbocycles. The highest BCUT2D eigenvalue weighted by Crippen LogP contribution is 2.53. The van der Waals surface area contributed by atoms with Gasteiger partial charge in [0.1, 0.15) is 0 Å². The molecule has 2 aliphatic rings. The van der Waals surface area contributed by atoms with E-state index in [1.54, 1.807) is 19.3 Å². The number of hydrogen-bond donors (Lipinski definition) is 0. The molecule has 0 heteroatoms. The third-order valence-electron chi connectivity index (χ3n) is 8.69. The minimum atomic E-state index is 0.524. The molecule has 0 aromatic carbocycles. The summed E-state index contributed by atoms with van der Waals surface area (Å²) in [4.78, 5) is 0. The molecular formula is C29H58. The van der Waals surface area contributed by atoms with E-state index in [2.05, 4.69) is 61.6 Å². The Morgan fingerprint density at radius 1 is 0.862 bits per heavy atom. The van der Waals surface area contributed by atoms with Crippen LogP contribution in [0.2, 0.25) is 0 Å². The van der Waals surface area contributed by atoms with Crippen LogP contribution in [0.1, 0.15) is 133 Å². The van der Waals surface area contributed by atoms with E-state index in [1.807, 2.05) is 13.8 Å². The van der Waals surface area contributed by atoms with Gasteiger partial charge in [-0.2, -0.15) is 0 Å². The summed E-state index contributed by atoms with van der Waals surface area (Å²) in [6.07, 6.45) is 16.3. The van der Waals surface area contributed by atoms with Crippen LogP contribution in [0.15, 0.2) is 13.2 Å². The molecule has 29 heavy (non-hydrogen) atoms. The molecule has 6 atom stereocenters. The van der Waals surface area contributed by atoms with Gasteiger partial charge in [0.05, 0.1) is 0 Å². The molecule has 0 radical (unpaired) electrons. The fourth-order valence-corrected chi connectivity index (χ4v) is 6.27. The molecule has 0 aromatic rings. The summed E-state index contributed by atoms with van der Waals surface area (Å²) in [7, 11) is 0. The van der Waals surface area contributed by atoms with Gasteiger partial charge in [0.25, 0.3) is 0 Å². The van der Waals surface area contributed by atoms with E-state index < -0.39 is 0 Å². The lowest BCUT2D eigenvalue weighted by atomic mass is 9.56. The van der Waals surface area contributed by atoms with Gasteiger partial charge in [0.2, 0.25) is 0 Å². The zero-order valence-electron chi connectivity index (χ0n) is 22.1. The van der Waals surface area contributed by atoms with Gasteiger partial charge >= 0.3 is 0 Å². The van der Waals surface area contributed by atoms with Crippen LogP contribution in [0, 0.1) is 40.4 Å².